The predicted octanol–water partition coefficient (Wildman–Crippen LogP) is 3.67. The number of rotatable bonds is 4. The van der Waals surface area contributed by atoms with Gasteiger partial charge in [-0.1, -0.05) is 43.2 Å². The second-order valence-corrected chi connectivity index (χ2v) is 5.24. The molecule has 102 valence electrons. The summed E-state index contributed by atoms with van der Waals surface area (Å²) in [7, 11) is -5.49. The number of benzene rings is 1. The quantitative estimate of drug-likeness (QED) is 0.845. The maximum atomic E-state index is 12.3. The van der Waals surface area contributed by atoms with Crippen LogP contribution in [0.25, 0.3) is 4.72 Å². The number of hydrogen-bond donors (Lipinski definition) is 0. The Labute approximate surface area is 104 Å². The highest BCUT2D eigenvalue weighted by Crippen LogP contribution is 2.38. The van der Waals surface area contributed by atoms with Crippen molar-refractivity contribution in [2.45, 2.75) is 32.2 Å². The van der Waals surface area contributed by atoms with Crippen molar-refractivity contribution in [3.05, 3.63) is 34.0 Å². The van der Waals surface area contributed by atoms with E-state index >= 15 is 0 Å². The van der Waals surface area contributed by atoms with E-state index in [4.69, 9.17) is 0 Å². The zero-order chi connectivity index (χ0) is 14.0. The molecule has 1 rings (SSSR count). The Bertz CT molecular complexity index is 501. The molecule has 0 spiro atoms. The first kappa shape index (κ1) is 14.8. The highest BCUT2D eigenvalue weighted by atomic mass is 32.2. The van der Waals surface area contributed by atoms with Crippen molar-refractivity contribution in [2.75, 3.05) is 0 Å². The Morgan fingerprint density at radius 3 is 1.89 bits per heavy atom. The van der Waals surface area contributed by atoms with Crippen molar-refractivity contribution >= 4 is 15.7 Å². The molecule has 0 aliphatic rings. The lowest BCUT2D eigenvalue weighted by Gasteiger charge is -2.28. The molecule has 7 heteroatoms. The Morgan fingerprint density at radius 2 is 1.56 bits per heavy atom. The molecular formula is C11H13F3NO2S-. The summed E-state index contributed by atoms with van der Waals surface area (Å²) in [5.74, 6) is 0. The molecule has 0 saturated carbocycles. The average molecular weight is 280 g/mol. The van der Waals surface area contributed by atoms with Gasteiger partial charge in [0.15, 0.2) is 10.0 Å². The van der Waals surface area contributed by atoms with Crippen LogP contribution in [0.15, 0.2) is 18.2 Å². The van der Waals surface area contributed by atoms with E-state index in [1.807, 2.05) is 0 Å². The van der Waals surface area contributed by atoms with Crippen LogP contribution in [-0.4, -0.2) is 13.9 Å². The topological polar surface area (TPSA) is 48.2 Å². The summed E-state index contributed by atoms with van der Waals surface area (Å²) >= 11 is 0. The molecule has 0 unspecified atom stereocenters. The van der Waals surface area contributed by atoms with Crippen molar-refractivity contribution in [3.63, 3.8) is 0 Å². The molecule has 0 aliphatic carbocycles. The van der Waals surface area contributed by atoms with Crippen LogP contribution >= 0.6 is 0 Å². The molecule has 0 N–H and O–H groups in total. The van der Waals surface area contributed by atoms with Crippen molar-refractivity contribution in [1.82, 2.24) is 0 Å². The van der Waals surface area contributed by atoms with Crippen LogP contribution in [0.5, 0.6) is 0 Å². The SMILES string of the molecule is CCc1cccc(CC)c1[N-]S(=O)(=O)C(F)(F)F. The number of hydrogen-bond acceptors (Lipinski definition) is 2. The minimum Gasteiger partial charge on any atom is -0.569 e. The third-order valence-corrected chi connectivity index (χ3v) is 3.48. The third-order valence-electron chi connectivity index (χ3n) is 2.47. The van der Waals surface area contributed by atoms with Crippen LogP contribution in [0, 0.1) is 0 Å². The van der Waals surface area contributed by atoms with Gasteiger partial charge in [0.25, 0.3) is 0 Å². The van der Waals surface area contributed by atoms with Crippen LogP contribution in [0.3, 0.4) is 0 Å². The minimum absolute atomic E-state index is 0.0835. The summed E-state index contributed by atoms with van der Waals surface area (Å²) < 4.78 is 62.0. The summed E-state index contributed by atoms with van der Waals surface area (Å²) in [5, 5.41) is 0. The highest BCUT2D eigenvalue weighted by Gasteiger charge is 2.39. The molecule has 18 heavy (non-hydrogen) atoms. The van der Waals surface area contributed by atoms with Crippen LogP contribution in [0.1, 0.15) is 25.0 Å². The minimum atomic E-state index is -5.49. The molecule has 0 saturated heterocycles. The first-order valence-electron chi connectivity index (χ1n) is 5.38. The lowest BCUT2D eigenvalue weighted by molar-refractivity contribution is -0.0425. The fourth-order valence-corrected chi connectivity index (χ4v) is 2.08. The maximum absolute atomic E-state index is 12.3. The van der Waals surface area contributed by atoms with Gasteiger partial charge in [0.2, 0.25) is 0 Å². The summed E-state index contributed by atoms with van der Waals surface area (Å²) in [6, 6.07) is 4.82. The smallest absolute Gasteiger partial charge is 0.483 e. The Hall–Kier alpha value is -1.24. The predicted molar refractivity (Wildman–Crippen MR) is 63.2 cm³/mol. The van der Waals surface area contributed by atoms with Gasteiger partial charge in [0, 0.05) is 0 Å². The third kappa shape index (κ3) is 2.95. The molecule has 0 heterocycles. The molecule has 0 bridgehead atoms. The van der Waals surface area contributed by atoms with E-state index in [-0.39, 0.29) is 5.69 Å². The zero-order valence-corrected chi connectivity index (χ0v) is 10.8. The normalized spacial score (nSPS) is 12.5. The fourth-order valence-electron chi connectivity index (χ4n) is 1.50. The Balaban J connectivity index is 3.27. The van der Waals surface area contributed by atoms with Gasteiger partial charge >= 0.3 is 5.51 Å². The lowest BCUT2D eigenvalue weighted by atomic mass is 10.0. The van der Waals surface area contributed by atoms with Gasteiger partial charge in [-0.05, 0) is 12.8 Å². The molecule has 0 radical (unpaired) electrons. The van der Waals surface area contributed by atoms with Crippen LogP contribution in [-0.2, 0) is 22.9 Å². The van der Waals surface area contributed by atoms with Gasteiger partial charge in [-0.3, -0.25) is 0 Å². The van der Waals surface area contributed by atoms with Crippen molar-refractivity contribution < 1.29 is 21.6 Å². The van der Waals surface area contributed by atoms with Crippen molar-refractivity contribution in [2.24, 2.45) is 0 Å². The lowest BCUT2D eigenvalue weighted by Crippen LogP contribution is -2.21. The van der Waals surface area contributed by atoms with Crippen LogP contribution < -0.4 is 0 Å². The van der Waals surface area contributed by atoms with E-state index in [9.17, 15) is 21.6 Å². The maximum Gasteiger partial charge on any atom is 0.483 e. The number of nitrogens with zero attached hydrogens (tertiary/aromatic N) is 1. The molecule has 1 aromatic rings. The van der Waals surface area contributed by atoms with E-state index < -0.39 is 15.5 Å². The first-order valence-corrected chi connectivity index (χ1v) is 6.82. The van der Waals surface area contributed by atoms with E-state index in [2.05, 4.69) is 4.72 Å². The number of aryl methyl sites for hydroxylation is 2. The fraction of sp³-hybridized carbons (Fsp3) is 0.455. The van der Waals surface area contributed by atoms with Crippen molar-refractivity contribution in [3.8, 4) is 0 Å². The molecular weight excluding hydrogens is 267 g/mol. The Kier molecular flexibility index (Phi) is 4.26. The summed E-state index contributed by atoms with van der Waals surface area (Å²) in [5.41, 5.74) is -4.47. The van der Waals surface area contributed by atoms with E-state index in [1.165, 1.54) is 0 Å². The molecule has 0 aromatic heterocycles. The number of alkyl halides is 3. The van der Waals surface area contributed by atoms with Gasteiger partial charge < -0.3 is 4.72 Å². The zero-order valence-electron chi connectivity index (χ0n) is 9.95. The number of halogens is 3. The number of sulfonamides is 1. The molecule has 0 amide bonds. The molecule has 0 aliphatic heterocycles. The summed E-state index contributed by atoms with van der Waals surface area (Å²) in [6.45, 7) is 3.46. The van der Waals surface area contributed by atoms with Crippen LogP contribution in [0.4, 0.5) is 18.9 Å². The summed E-state index contributed by atoms with van der Waals surface area (Å²) in [4.78, 5) is 0. The van der Waals surface area contributed by atoms with Gasteiger partial charge in [-0.25, -0.2) is 8.42 Å². The standard InChI is InChI=1S/C11H13F3NO2S/c1-3-8-6-5-7-9(4-2)10(8)15-18(16,17)11(12,13)14/h5-7H,3-4H2,1-2H3/q-1. The Morgan fingerprint density at radius 1 is 1.11 bits per heavy atom. The molecule has 3 nitrogen and oxygen atoms in total. The largest absolute Gasteiger partial charge is 0.569 e. The monoisotopic (exact) mass is 280 g/mol. The van der Waals surface area contributed by atoms with Gasteiger partial charge in [0.05, 0.1) is 0 Å². The summed E-state index contributed by atoms with van der Waals surface area (Å²) in [6.07, 6.45) is 0.833. The average Bonchev–Trinajstić information content (AvgIpc) is 2.27. The van der Waals surface area contributed by atoms with E-state index in [0.717, 1.165) is 0 Å². The molecule has 0 fully saturated rings. The van der Waals surface area contributed by atoms with E-state index in [1.54, 1.807) is 32.0 Å². The van der Waals surface area contributed by atoms with Gasteiger partial charge in [0.1, 0.15) is 0 Å². The second kappa shape index (κ2) is 5.17. The van der Waals surface area contributed by atoms with Gasteiger partial charge in [-0.15, -0.1) is 5.69 Å². The van der Waals surface area contributed by atoms with E-state index in [0.29, 0.717) is 24.0 Å². The van der Waals surface area contributed by atoms with Crippen molar-refractivity contribution in [1.29, 1.82) is 0 Å². The first-order chi connectivity index (χ1) is 8.23. The molecule has 1 aromatic carbocycles. The highest BCUT2D eigenvalue weighted by molar-refractivity contribution is 7.95. The molecule has 0 atom stereocenters. The van der Waals surface area contributed by atoms with Gasteiger partial charge in [-0.2, -0.15) is 13.2 Å². The van der Waals surface area contributed by atoms with Crippen LogP contribution in [0.2, 0.25) is 0 Å². The second-order valence-electron chi connectivity index (χ2n) is 3.64.